The van der Waals surface area contributed by atoms with E-state index in [0.29, 0.717) is 31.5 Å². The van der Waals surface area contributed by atoms with Gasteiger partial charge in [-0.15, -0.1) is 0 Å². The summed E-state index contributed by atoms with van der Waals surface area (Å²) in [5.74, 6) is -0.183. The quantitative estimate of drug-likeness (QED) is 0.218. The number of carbonyl (C=O) groups excluding carboxylic acids is 3. The number of hydrogen-bond acceptors (Lipinski definition) is 3. The lowest BCUT2D eigenvalue weighted by Crippen LogP contribution is -2.52. The van der Waals surface area contributed by atoms with Gasteiger partial charge < -0.3 is 15.1 Å². The van der Waals surface area contributed by atoms with Crippen LogP contribution in [-0.4, -0.2) is 41.2 Å². The highest BCUT2D eigenvalue weighted by Gasteiger charge is 2.33. The summed E-state index contributed by atoms with van der Waals surface area (Å²) >= 11 is 0. The molecule has 0 aromatic heterocycles. The summed E-state index contributed by atoms with van der Waals surface area (Å²) in [5, 5.41) is 5.33. The minimum Gasteiger partial charge on any atom is -0.352 e. The zero-order valence-corrected chi connectivity index (χ0v) is 24.6. The van der Waals surface area contributed by atoms with E-state index in [1.54, 1.807) is 9.80 Å². The molecule has 0 saturated heterocycles. The monoisotopic (exact) mass is 573 g/mol. The first-order chi connectivity index (χ1) is 21.1. The molecule has 1 heterocycles. The molecular formula is C37H39N3O3. The Bertz CT molecular complexity index is 1580. The normalized spacial score (nSPS) is 15.4. The maximum absolute atomic E-state index is 14.1. The molecule has 3 amide bonds. The van der Waals surface area contributed by atoms with Crippen molar-refractivity contribution in [3.05, 3.63) is 114 Å². The van der Waals surface area contributed by atoms with Gasteiger partial charge in [-0.05, 0) is 47.9 Å². The van der Waals surface area contributed by atoms with Gasteiger partial charge in [0, 0.05) is 42.9 Å². The third-order valence-corrected chi connectivity index (χ3v) is 8.84. The molecule has 6 nitrogen and oxygen atoms in total. The van der Waals surface area contributed by atoms with E-state index >= 15 is 0 Å². The van der Waals surface area contributed by atoms with Crippen molar-refractivity contribution in [3.63, 3.8) is 0 Å². The van der Waals surface area contributed by atoms with Crippen molar-refractivity contribution in [2.24, 2.45) is 0 Å². The molecule has 6 rings (SSSR count). The van der Waals surface area contributed by atoms with Crippen LogP contribution < -0.4 is 10.2 Å². The molecule has 1 aliphatic heterocycles. The largest absolute Gasteiger partial charge is 0.352 e. The number of amides is 3. The molecule has 1 saturated carbocycles. The fourth-order valence-corrected chi connectivity index (χ4v) is 6.61. The molecule has 6 heteroatoms. The average Bonchev–Trinajstić information content (AvgIpc) is 3.32. The van der Waals surface area contributed by atoms with Crippen molar-refractivity contribution < 1.29 is 14.4 Å². The van der Waals surface area contributed by atoms with Crippen LogP contribution in [0.1, 0.15) is 66.4 Å². The molecule has 4 aromatic rings. The van der Waals surface area contributed by atoms with Crippen LogP contribution in [0.2, 0.25) is 0 Å². The van der Waals surface area contributed by atoms with Gasteiger partial charge in [0.2, 0.25) is 11.8 Å². The van der Waals surface area contributed by atoms with Crippen LogP contribution in [0.4, 0.5) is 5.69 Å². The molecule has 1 atom stereocenters. The molecule has 1 N–H and O–H groups in total. The lowest BCUT2D eigenvalue weighted by Gasteiger charge is -2.33. The standard InChI is InChI=1S/C37H39N3O3/c41-34(23-12-24-39-32-22-11-18-29-17-10-21-31(35(29)32)37(39)43)40(26-28-15-6-2-7-16-28)33(25-27-13-4-1-5-14-27)36(42)38-30-19-8-3-9-20-30/h1-2,4-7,10-11,13-18,21-22,30,33H,3,8-9,12,19-20,23-26H2,(H,38,42). The van der Waals surface area contributed by atoms with E-state index in [4.69, 9.17) is 0 Å². The number of nitrogens with zero attached hydrogens (tertiary/aromatic N) is 2. The molecule has 43 heavy (non-hydrogen) atoms. The summed E-state index contributed by atoms with van der Waals surface area (Å²) in [6.07, 6.45) is 6.59. The van der Waals surface area contributed by atoms with Gasteiger partial charge in [-0.3, -0.25) is 14.4 Å². The Morgan fingerprint density at radius 2 is 1.49 bits per heavy atom. The number of anilines is 1. The second-order valence-corrected chi connectivity index (χ2v) is 11.8. The van der Waals surface area contributed by atoms with Gasteiger partial charge in [0.1, 0.15) is 6.04 Å². The molecule has 4 aromatic carbocycles. The van der Waals surface area contributed by atoms with Crippen LogP contribution in [0.15, 0.2) is 97.1 Å². The van der Waals surface area contributed by atoms with Crippen molar-refractivity contribution in [3.8, 4) is 0 Å². The highest BCUT2D eigenvalue weighted by Crippen LogP contribution is 2.37. The number of benzene rings is 4. The van der Waals surface area contributed by atoms with Crippen LogP contribution in [0, 0.1) is 0 Å². The second kappa shape index (κ2) is 13.2. The van der Waals surface area contributed by atoms with Gasteiger partial charge >= 0.3 is 0 Å². The molecule has 220 valence electrons. The third kappa shape index (κ3) is 6.48. The summed E-state index contributed by atoms with van der Waals surface area (Å²) in [7, 11) is 0. The molecule has 0 bridgehead atoms. The Morgan fingerprint density at radius 3 is 2.21 bits per heavy atom. The minimum atomic E-state index is -0.636. The SMILES string of the molecule is O=C(NC1CCCCC1)C(Cc1ccccc1)N(Cc1ccccc1)C(=O)CCCN1C(=O)c2cccc3cccc1c23. The molecule has 1 aliphatic carbocycles. The molecule has 1 unspecified atom stereocenters. The second-order valence-electron chi connectivity index (χ2n) is 11.8. The van der Waals surface area contributed by atoms with E-state index in [1.807, 2.05) is 97.1 Å². The number of hydrogen-bond donors (Lipinski definition) is 1. The zero-order chi connectivity index (χ0) is 29.6. The minimum absolute atomic E-state index is 0.0193. The van der Waals surface area contributed by atoms with Gasteiger partial charge in [-0.2, -0.15) is 0 Å². The first-order valence-corrected chi connectivity index (χ1v) is 15.6. The fourth-order valence-electron chi connectivity index (χ4n) is 6.61. The van der Waals surface area contributed by atoms with Gasteiger partial charge in [0.15, 0.2) is 0 Å². The highest BCUT2D eigenvalue weighted by molar-refractivity contribution is 6.25. The van der Waals surface area contributed by atoms with E-state index in [9.17, 15) is 14.4 Å². The van der Waals surface area contributed by atoms with Crippen LogP contribution in [-0.2, 0) is 22.6 Å². The zero-order valence-electron chi connectivity index (χ0n) is 24.6. The molecule has 1 fully saturated rings. The molecule has 2 aliphatic rings. The smallest absolute Gasteiger partial charge is 0.258 e. The van der Waals surface area contributed by atoms with Crippen molar-refractivity contribution >= 4 is 34.2 Å². The third-order valence-electron chi connectivity index (χ3n) is 8.84. The van der Waals surface area contributed by atoms with E-state index in [2.05, 4.69) is 5.32 Å². The van der Waals surface area contributed by atoms with Crippen LogP contribution in [0.5, 0.6) is 0 Å². The Balaban J connectivity index is 1.22. The predicted molar refractivity (Wildman–Crippen MR) is 171 cm³/mol. The van der Waals surface area contributed by atoms with Crippen molar-refractivity contribution in [1.29, 1.82) is 0 Å². The lowest BCUT2D eigenvalue weighted by molar-refractivity contribution is -0.141. The topological polar surface area (TPSA) is 69.7 Å². The Labute approximate surface area is 253 Å². The van der Waals surface area contributed by atoms with E-state index in [1.165, 1.54) is 6.42 Å². The fraction of sp³-hybridized carbons (Fsp3) is 0.324. The van der Waals surface area contributed by atoms with Gasteiger partial charge in [0.05, 0.1) is 5.69 Å². The van der Waals surface area contributed by atoms with Crippen molar-refractivity contribution in [1.82, 2.24) is 10.2 Å². The molecular weight excluding hydrogens is 534 g/mol. The maximum atomic E-state index is 14.1. The number of rotatable bonds is 11. The van der Waals surface area contributed by atoms with Gasteiger partial charge in [-0.1, -0.05) is 104 Å². The Hall–Kier alpha value is -4.45. The summed E-state index contributed by atoms with van der Waals surface area (Å²) in [5.41, 5.74) is 3.62. The van der Waals surface area contributed by atoms with Crippen LogP contribution in [0.25, 0.3) is 10.8 Å². The first-order valence-electron chi connectivity index (χ1n) is 15.6. The van der Waals surface area contributed by atoms with Crippen molar-refractivity contribution in [2.45, 2.75) is 70.0 Å². The summed E-state index contributed by atoms with van der Waals surface area (Å²) < 4.78 is 0. The van der Waals surface area contributed by atoms with Crippen LogP contribution >= 0.6 is 0 Å². The van der Waals surface area contributed by atoms with Crippen LogP contribution in [0.3, 0.4) is 0 Å². The van der Waals surface area contributed by atoms with Gasteiger partial charge in [0.25, 0.3) is 5.91 Å². The molecule has 0 spiro atoms. The maximum Gasteiger partial charge on any atom is 0.258 e. The van der Waals surface area contributed by atoms with E-state index in [0.717, 1.165) is 53.3 Å². The Morgan fingerprint density at radius 1 is 0.814 bits per heavy atom. The van der Waals surface area contributed by atoms with E-state index < -0.39 is 6.04 Å². The number of carbonyl (C=O) groups is 3. The summed E-state index contributed by atoms with van der Waals surface area (Å²) in [6, 6.07) is 31.1. The predicted octanol–water partition coefficient (Wildman–Crippen LogP) is 6.67. The van der Waals surface area contributed by atoms with Crippen molar-refractivity contribution in [2.75, 3.05) is 11.4 Å². The average molecular weight is 574 g/mol. The summed E-state index contributed by atoms with van der Waals surface area (Å²) in [4.78, 5) is 44.9. The number of nitrogens with one attached hydrogen (secondary N) is 1. The Kier molecular flexibility index (Phi) is 8.83. The summed E-state index contributed by atoms with van der Waals surface area (Å²) in [6.45, 7) is 0.790. The lowest BCUT2D eigenvalue weighted by atomic mass is 9.94. The van der Waals surface area contributed by atoms with E-state index in [-0.39, 0.29) is 30.2 Å². The van der Waals surface area contributed by atoms with Gasteiger partial charge in [-0.25, -0.2) is 0 Å². The first kappa shape index (κ1) is 28.7. The highest BCUT2D eigenvalue weighted by atomic mass is 16.2. The molecule has 0 radical (unpaired) electrons.